The van der Waals surface area contributed by atoms with E-state index in [2.05, 4.69) is 24.0 Å². The fraction of sp³-hybridized carbons (Fsp3) is 0.368. The van der Waals surface area contributed by atoms with Gasteiger partial charge in [-0.25, -0.2) is 0 Å². The van der Waals surface area contributed by atoms with E-state index in [4.69, 9.17) is 14.2 Å². The highest BCUT2D eigenvalue weighted by Gasteiger charge is 2.28. The van der Waals surface area contributed by atoms with Crippen LogP contribution in [0.25, 0.3) is 0 Å². The van der Waals surface area contributed by atoms with Gasteiger partial charge in [0.2, 0.25) is 0 Å². The molecule has 1 saturated heterocycles. The Morgan fingerprint density at radius 1 is 1.00 bits per heavy atom. The van der Waals surface area contributed by atoms with Gasteiger partial charge in [0.15, 0.2) is 0 Å². The summed E-state index contributed by atoms with van der Waals surface area (Å²) >= 11 is 0. The van der Waals surface area contributed by atoms with Gasteiger partial charge in [-0.3, -0.25) is 4.90 Å². The van der Waals surface area contributed by atoms with Gasteiger partial charge in [0.25, 0.3) is 0 Å². The Hall–Kier alpha value is -2.20. The summed E-state index contributed by atoms with van der Waals surface area (Å²) in [6, 6.07) is 15.9. The lowest BCUT2D eigenvalue weighted by Crippen LogP contribution is -2.54. The highest BCUT2D eigenvalue weighted by Crippen LogP contribution is 2.20. The zero-order valence-electron chi connectivity index (χ0n) is 13.7. The summed E-state index contributed by atoms with van der Waals surface area (Å²) in [7, 11) is 1.66. The summed E-state index contributed by atoms with van der Waals surface area (Å²) in [5, 5.41) is 0. The number of methoxy groups -OCH3 is 1. The van der Waals surface area contributed by atoms with Crippen molar-refractivity contribution in [2.45, 2.75) is 13.0 Å². The molecule has 0 spiro atoms. The number of benzene rings is 2. The normalized spacial score (nSPS) is 15.0. The van der Waals surface area contributed by atoms with Crippen LogP contribution >= 0.6 is 0 Å². The number of nitrogens with zero attached hydrogens (tertiary/aromatic N) is 1. The first kappa shape index (κ1) is 15.7. The molecule has 1 fully saturated rings. The Morgan fingerprint density at radius 3 is 2.52 bits per heavy atom. The summed E-state index contributed by atoms with van der Waals surface area (Å²) in [5.41, 5.74) is 1.23. The maximum Gasteiger partial charge on any atom is 0.124 e. The van der Waals surface area contributed by atoms with Crippen LogP contribution < -0.4 is 14.2 Å². The molecule has 0 aliphatic carbocycles. The van der Waals surface area contributed by atoms with Crippen molar-refractivity contribution in [1.82, 2.24) is 4.90 Å². The van der Waals surface area contributed by atoms with Crippen molar-refractivity contribution >= 4 is 0 Å². The first-order valence-electron chi connectivity index (χ1n) is 7.95. The molecule has 2 aromatic carbocycles. The molecule has 3 rings (SSSR count). The van der Waals surface area contributed by atoms with Crippen molar-refractivity contribution < 1.29 is 14.2 Å². The molecule has 2 aromatic rings. The van der Waals surface area contributed by atoms with E-state index in [1.54, 1.807) is 7.11 Å². The molecule has 1 aliphatic rings. The quantitative estimate of drug-likeness (QED) is 0.786. The predicted octanol–water partition coefficient (Wildman–Crippen LogP) is 3.15. The smallest absolute Gasteiger partial charge is 0.124 e. The molecule has 0 saturated carbocycles. The summed E-state index contributed by atoms with van der Waals surface area (Å²) in [5.74, 6) is 2.62. The van der Waals surface area contributed by atoms with E-state index in [0.29, 0.717) is 6.61 Å². The first-order valence-corrected chi connectivity index (χ1v) is 7.95. The van der Waals surface area contributed by atoms with Gasteiger partial charge in [-0.2, -0.15) is 0 Å². The lowest BCUT2D eigenvalue weighted by atomic mass is 10.1. The monoisotopic (exact) mass is 313 g/mol. The Morgan fingerprint density at radius 2 is 1.74 bits per heavy atom. The molecule has 0 aromatic heterocycles. The molecule has 1 aliphatic heterocycles. The van der Waals surface area contributed by atoms with E-state index >= 15 is 0 Å². The average Bonchev–Trinajstić information content (AvgIpc) is 2.52. The molecular formula is C19H23NO3. The number of likely N-dealkylation sites (tertiary alicyclic amines) is 1. The zero-order chi connectivity index (χ0) is 16.1. The maximum absolute atomic E-state index is 5.96. The zero-order valence-corrected chi connectivity index (χ0v) is 13.7. The summed E-state index contributed by atoms with van der Waals surface area (Å²) in [4.78, 5) is 2.33. The van der Waals surface area contributed by atoms with Gasteiger partial charge in [-0.05, 0) is 36.8 Å². The molecule has 0 atom stereocenters. The van der Waals surface area contributed by atoms with Gasteiger partial charge in [0.05, 0.1) is 7.11 Å². The van der Waals surface area contributed by atoms with Crippen LogP contribution in [0, 0.1) is 6.92 Å². The van der Waals surface area contributed by atoms with Gasteiger partial charge in [0, 0.05) is 25.7 Å². The third-order valence-electron chi connectivity index (χ3n) is 3.93. The summed E-state index contributed by atoms with van der Waals surface area (Å²) in [6.07, 6.45) is 0.286. The highest BCUT2D eigenvalue weighted by atomic mass is 16.5. The lowest BCUT2D eigenvalue weighted by molar-refractivity contribution is 0.0127. The fourth-order valence-corrected chi connectivity index (χ4v) is 2.64. The second-order valence-corrected chi connectivity index (χ2v) is 5.84. The topological polar surface area (TPSA) is 30.9 Å². The second-order valence-electron chi connectivity index (χ2n) is 5.84. The molecule has 0 amide bonds. The molecule has 23 heavy (non-hydrogen) atoms. The van der Waals surface area contributed by atoms with Crippen LogP contribution in [0.5, 0.6) is 17.2 Å². The third-order valence-corrected chi connectivity index (χ3v) is 3.93. The van der Waals surface area contributed by atoms with Gasteiger partial charge in [-0.15, -0.1) is 0 Å². The van der Waals surface area contributed by atoms with Gasteiger partial charge in [0.1, 0.15) is 30.0 Å². The largest absolute Gasteiger partial charge is 0.497 e. The second kappa shape index (κ2) is 7.38. The van der Waals surface area contributed by atoms with Crippen molar-refractivity contribution in [2.75, 3.05) is 33.4 Å². The van der Waals surface area contributed by atoms with E-state index in [1.165, 1.54) is 5.56 Å². The molecule has 0 unspecified atom stereocenters. The van der Waals surface area contributed by atoms with Crippen molar-refractivity contribution in [1.29, 1.82) is 0 Å². The van der Waals surface area contributed by atoms with Crippen molar-refractivity contribution in [2.24, 2.45) is 0 Å². The van der Waals surface area contributed by atoms with Crippen LogP contribution in [-0.2, 0) is 0 Å². The predicted molar refractivity (Wildman–Crippen MR) is 90.5 cm³/mol. The van der Waals surface area contributed by atoms with Crippen LogP contribution in [0.15, 0.2) is 48.5 Å². The Labute approximate surface area is 137 Å². The molecule has 4 nitrogen and oxygen atoms in total. The van der Waals surface area contributed by atoms with Crippen LogP contribution in [0.3, 0.4) is 0 Å². The lowest BCUT2D eigenvalue weighted by Gasteiger charge is -2.38. The molecule has 0 bridgehead atoms. The minimum Gasteiger partial charge on any atom is -0.497 e. The molecule has 0 N–H and O–H groups in total. The van der Waals surface area contributed by atoms with Crippen LogP contribution in [0.4, 0.5) is 0 Å². The summed E-state index contributed by atoms with van der Waals surface area (Å²) < 4.78 is 16.9. The highest BCUT2D eigenvalue weighted by molar-refractivity contribution is 5.32. The van der Waals surface area contributed by atoms with Crippen LogP contribution in [0.2, 0.25) is 0 Å². The van der Waals surface area contributed by atoms with E-state index in [9.17, 15) is 0 Å². The summed E-state index contributed by atoms with van der Waals surface area (Å²) in [6.45, 7) is 5.57. The Bertz CT molecular complexity index is 638. The van der Waals surface area contributed by atoms with E-state index < -0.39 is 0 Å². The molecule has 122 valence electrons. The number of rotatable bonds is 7. The van der Waals surface area contributed by atoms with Gasteiger partial charge in [-0.1, -0.05) is 18.2 Å². The van der Waals surface area contributed by atoms with Gasteiger partial charge >= 0.3 is 0 Å². The fourth-order valence-electron chi connectivity index (χ4n) is 2.64. The van der Waals surface area contributed by atoms with Crippen LogP contribution in [-0.4, -0.2) is 44.4 Å². The number of hydrogen-bond donors (Lipinski definition) is 0. The number of hydrogen-bond acceptors (Lipinski definition) is 4. The van der Waals surface area contributed by atoms with E-state index in [-0.39, 0.29) is 6.10 Å². The molecule has 4 heteroatoms. The van der Waals surface area contributed by atoms with Gasteiger partial charge < -0.3 is 14.2 Å². The standard InChI is InChI=1S/C19H23NO3/c1-15-5-3-8-18(11-15)23-19-13-20(14-19)9-10-22-17-7-4-6-16(12-17)21-2/h3-8,11-12,19H,9-10,13-14H2,1-2H3. The number of aryl methyl sites for hydroxylation is 1. The van der Waals surface area contributed by atoms with Crippen molar-refractivity contribution in [3.8, 4) is 17.2 Å². The van der Waals surface area contributed by atoms with Crippen LogP contribution in [0.1, 0.15) is 5.56 Å². The Kier molecular flexibility index (Phi) is 5.03. The molecular weight excluding hydrogens is 290 g/mol. The van der Waals surface area contributed by atoms with Crippen molar-refractivity contribution in [3.63, 3.8) is 0 Å². The van der Waals surface area contributed by atoms with E-state index in [0.717, 1.165) is 36.9 Å². The SMILES string of the molecule is COc1cccc(OCCN2CC(Oc3cccc(C)c3)C2)c1. The average molecular weight is 313 g/mol. The first-order chi connectivity index (χ1) is 11.2. The molecule has 1 heterocycles. The minimum absolute atomic E-state index is 0.286. The van der Waals surface area contributed by atoms with E-state index in [1.807, 2.05) is 36.4 Å². The Balaban J connectivity index is 1.36. The minimum atomic E-state index is 0.286. The number of ether oxygens (including phenoxy) is 3. The molecule has 0 radical (unpaired) electrons. The third kappa shape index (κ3) is 4.39. The van der Waals surface area contributed by atoms with Crippen molar-refractivity contribution in [3.05, 3.63) is 54.1 Å². The maximum atomic E-state index is 5.96.